The van der Waals surface area contributed by atoms with Gasteiger partial charge in [-0.3, -0.25) is 4.79 Å². The van der Waals surface area contributed by atoms with Crippen molar-refractivity contribution in [2.75, 3.05) is 13.7 Å². The van der Waals surface area contributed by atoms with Crippen molar-refractivity contribution in [3.05, 3.63) is 85.3 Å². The molecule has 9 heteroatoms. The van der Waals surface area contributed by atoms with Crippen molar-refractivity contribution in [1.29, 1.82) is 0 Å². The molecular weight excluding hydrogens is 599 g/mol. The van der Waals surface area contributed by atoms with Crippen molar-refractivity contribution < 1.29 is 19.0 Å². The first-order chi connectivity index (χ1) is 17.0. The Hall–Kier alpha value is -2.69. The Labute approximate surface area is 226 Å². The monoisotopic (exact) mass is 620 g/mol. The maximum absolute atomic E-state index is 12.6. The molecule has 0 aromatic heterocycles. The fourth-order valence-corrected chi connectivity index (χ4v) is 5.06. The van der Waals surface area contributed by atoms with Crippen LogP contribution in [-0.2, 0) is 11.4 Å². The van der Waals surface area contributed by atoms with Gasteiger partial charge in [0.05, 0.1) is 27.9 Å². The normalized spacial score (nSPS) is 15.4. The largest absolute Gasteiger partial charge is 0.497 e. The molecule has 1 aliphatic rings. The van der Waals surface area contributed by atoms with Gasteiger partial charge in [-0.05, 0) is 95.4 Å². The number of nitrogens with one attached hydrogen (secondary N) is 1. The van der Waals surface area contributed by atoms with Crippen LogP contribution in [0.5, 0.6) is 17.2 Å². The summed E-state index contributed by atoms with van der Waals surface area (Å²) in [6, 6.07) is 18.7. The molecule has 1 fully saturated rings. The van der Waals surface area contributed by atoms with E-state index in [4.69, 9.17) is 25.8 Å². The predicted octanol–water partition coefficient (Wildman–Crippen LogP) is 6.82. The minimum absolute atomic E-state index is 0.200. The van der Waals surface area contributed by atoms with Gasteiger partial charge in [0.15, 0.2) is 16.7 Å². The van der Waals surface area contributed by atoms with Crippen LogP contribution in [0.4, 0.5) is 5.69 Å². The third-order valence-corrected chi connectivity index (χ3v) is 6.99. The van der Waals surface area contributed by atoms with Gasteiger partial charge in [0, 0.05) is 10.6 Å². The zero-order valence-corrected chi connectivity index (χ0v) is 22.7. The quantitative estimate of drug-likeness (QED) is 0.221. The Morgan fingerprint density at radius 3 is 2.60 bits per heavy atom. The molecule has 0 saturated carbocycles. The lowest BCUT2D eigenvalue weighted by atomic mass is 10.1. The highest BCUT2D eigenvalue weighted by Gasteiger charge is 2.24. The number of thioether (sulfide) groups is 1. The molecule has 0 aliphatic carbocycles. The Morgan fingerprint density at radius 1 is 1.11 bits per heavy atom. The van der Waals surface area contributed by atoms with Crippen molar-refractivity contribution in [3.63, 3.8) is 0 Å². The van der Waals surface area contributed by atoms with E-state index in [1.54, 1.807) is 7.11 Å². The standard InChI is InChI=1S/C26H22ClIN2O4S/c1-3-33-22-13-16(12-21(28)24(22)34-15-17-6-4-5-7-20(17)27)14-23-25(31)30-26(35-23)29-18-8-10-19(32-2)11-9-18/h4-14H,3,15H2,1-2H3,(H,29,30,31)/b23-14-. The van der Waals surface area contributed by atoms with E-state index in [9.17, 15) is 4.79 Å². The van der Waals surface area contributed by atoms with Crippen LogP contribution < -0.4 is 19.5 Å². The molecule has 180 valence electrons. The van der Waals surface area contributed by atoms with Crippen molar-refractivity contribution >= 4 is 68.8 Å². The minimum atomic E-state index is -0.200. The molecule has 1 saturated heterocycles. The summed E-state index contributed by atoms with van der Waals surface area (Å²) in [5.74, 6) is 1.79. The van der Waals surface area contributed by atoms with Gasteiger partial charge in [0.1, 0.15) is 12.4 Å². The molecule has 4 rings (SSSR count). The minimum Gasteiger partial charge on any atom is -0.497 e. The van der Waals surface area contributed by atoms with Gasteiger partial charge in [-0.1, -0.05) is 29.8 Å². The number of carbonyl (C=O) groups is 1. The van der Waals surface area contributed by atoms with E-state index in [1.807, 2.05) is 73.7 Å². The zero-order chi connectivity index (χ0) is 24.8. The van der Waals surface area contributed by atoms with Crippen molar-refractivity contribution in [2.24, 2.45) is 4.99 Å². The maximum Gasteiger partial charge on any atom is 0.264 e. The number of benzene rings is 3. The number of ether oxygens (including phenoxy) is 3. The van der Waals surface area contributed by atoms with E-state index in [0.29, 0.717) is 39.8 Å². The lowest BCUT2D eigenvalue weighted by molar-refractivity contribution is -0.115. The topological polar surface area (TPSA) is 69.2 Å². The number of rotatable bonds is 8. The van der Waals surface area contributed by atoms with Gasteiger partial charge in [0.25, 0.3) is 5.91 Å². The molecule has 0 unspecified atom stereocenters. The second kappa shape index (κ2) is 11.8. The van der Waals surface area contributed by atoms with E-state index in [1.165, 1.54) is 11.8 Å². The summed E-state index contributed by atoms with van der Waals surface area (Å²) in [4.78, 5) is 17.6. The van der Waals surface area contributed by atoms with Gasteiger partial charge < -0.3 is 19.5 Å². The van der Waals surface area contributed by atoms with Crippen LogP contribution in [-0.4, -0.2) is 24.8 Å². The number of methoxy groups -OCH3 is 1. The van der Waals surface area contributed by atoms with E-state index in [-0.39, 0.29) is 5.91 Å². The van der Waals surface area contributed by atoms with Gasteiger partial charge in [-0.25, -0.2) is 4.99 Å². The van der Waals surface area contributed by atoms with Gasteiger partial charge >= 0.3 is 0 Å². The molecule has 0 spiro atoms. The van der Waals surface area contributed by atoms with E-state index in [0.717, 1.165) is 26.1 Å². The highest BCUT2D eigenvalue weighted by molar-refractivity contribution is 14.1. The highest BCUT2D eigenvalue weighted by Crippen LogP contribution is 2.37. The van der Waals surface area contributed by atoms with Crippen LogP contribution in [0.3, 0.4) is 0 Å². The number of hydrogen-bond acceptors (Lipinski definition) is 6. The molecule has 6 nitrogen and oxygen atoms in total. The Morgan fingerprint density at radius 2 is 1.89 bits per heavy atom. The zero-order valence-electron chi connectivity index (χ0n) is 19.0. The Balaban J connectivity index is 1.55. The van der Waals surface area contributed by atoms with E-state index >= 15 is 0 Å². The molecule has 3 aromatic carbocycles. The van der Waals surface area contributed by atoms with Crippen LogP contribution in [0, 0.1) is 3.57 Å². The molecule has 1 N–H and O–H groups in total. The first kappa shape index (κ1) is 25.4. The molecule has 3 aromatic rings. The summed E-state index contributed by atoms with van der Waals surface area (Å²) in [6.07, 6.45) is 1.82. The number of carbonyl (C=O) groups excluding carboxylic acids is 1. The lowest BCUT2D eigenvalue weighted by Gasteiger charge is -2.15. The average molecular weight is 621 g/mol. The van der Waals surface area contributed by atoms with Crippen LogP contribution >= 0.6 is 46.0 Å². The van der Waals surface area contributed by atoms with Gasteiger partial charge in [-0.2, -0.15) is 0 Å². The number of aliphatic imine (C=N–C) groups is 1. The summed E-state index contributed by atoms with van der Waals surface area (Å²) >= 11 is 9.76. The fourth-order valence-electron chi connectivity index (χ4n) is 3.25. The number of hydrogen-bond donors (Lipinski definition) is 1. The first-order valence-corrected chi connectivity index (χ1v) is 13.0. The molecule has 0 atom stereocenters. The number of amidine groups is 1. The average Bonchev–Trinajstić information content (AvgIpc) is 3.18. The third-order valence-electron chi connectivity index (χ3n) is 4.91. The summed E-state index contributed by atoms with van der Waals surface area (Å²) < 4.78 is 18.0. The van der Waals surface area contributed by atoms with Crippen molar-refractivity contribution in [3.8, 4) is 17.2 Å². The van der Waals surface area contributed by atoms with Crippen LogP contribution in [0.1, 0.15) is 18.1 Å². The second-order valence-corrected chi connectivity index (χ2v) is 9.92. The Bertz CT molecular complexity index is 1300. The SMILES string of the molecule is CCOc1cc(/C=C2\SC(=Nc3ccc(OC)cc3)NC2=O)cc(I)c1OCc1ccccc1Cl. The first-order valence-electron chi connectivity index (χ1n) is 10.7. The van der Waals surface area contributed by atoms with Gasteiger partial charge in [-0.15, -0.1) is 0 Å². The maximum atomic E-state index is 12.6. The van der Waals surface area contributed by atoms with Crippen LogP contribution in [0.2, 0.25) is 5.02 Å². The van der Waals surface area contributed by atoms with Gasteiger partial charge in [0.2, 0.25) is 0 Å². The summed E-state index contributed by atoms with van der Waals surface area (Å²) in [7, 11) is 1.61. The molecular formula is C26H22ClIN2O4S. The second-order valence-electron chi connectivity index (χ2n) is 7.32. The summed E-state index contributed by atoms with van der Waals surface area (Å²) in [6.45, 7) is 2.71. The highest BCUT2D eigenvalue weighted by atomic mass is 127. The van der Waals surface area contributed by atoms with Crippen LogP contribution in [0.25, 0.3) is 6.08 Å². The molecule has 0 radical (unpaired) electrons. The number of halogens is 2. The third kappa shape index (κ3) is 6.50. The van der Waals surface area contributed by atoms with Crippen molar-refractivity contribution in [1.82, 2.24) is 5.32 Å². The molecule has 1 aliphatic heterocycles. The molecule has 35 heavy (non-hydrogen) atoms. The fraction of sp³-hybridized carbons (Fsp3) is 0.154. The Kier molecular flexibility index (Phi) is 8.59. The number of nitrogens with zero attached hydrogens (tertiary/aromatic N) is 1. The van der Waals surface area contributed by atoms with E-state index in [2.05, 4.69) is 32.9 Å². The molecule has 1 amide bonds. The molecule has 0 bridgehead atoms. The number of amides is 1. The van der Waals surface area contributed by atoms with Crippen molar-refractivity contribution in [2.45, 2.75) is 13.5 Å². The van der Waals surface area contributed by atoms with E-state index < -0.39 is 0 Å². The van der Waals surface area contributed by atoms with Crippen LogP contribution in [0.15, 0.2) is 70.6 Å². The summed E-state index contributed by atoms with van der Waals surface area (Å²) in [5.41, 5.74) is 2.44. The smallest absolute Gasteiger partial charge is 0.264 e. The lowest BCUT2D eigenvalue weighted by Crippen LogP contribution is -2.19. The summed E-state index contributed by atoms with van der Waals surface area (Å²) in [5, 5.41) is 3.99. The molecule has 1 heterocycles. The predicted molar refractivity (Wildman–Crippen MR) is 150 cm³/mol.